The quantitative estimate of drug-likeness (QED) is 0.178. The van der Waals surface area contributed by atoms with E-state index >= 15 is 0 Å². The van der Waals surface area contributed by atoms with E-state index in [1.807, 2.05) is 0 Å². The summed E-state index contributed by atoms with van der Waals surface area (Å²) in [5.41, 5.74) is -1.93. The van der Waals surface area contributed by atoms with Crippen LogP contribution in [0.15, 0.2) is 36.1 Å². The van der Waals surface area contributed by atoms with Crippen molar-refractivity contribution < 1.29 is 69.7 Å². The molecule has 1 saturated heterocycles. The van der Waals surface area contributed by atoms with Gasteiger partial charge in [0.15, 0.2) is 35.1 Å². The lowest BCUT2D eigenvalue weighted by molar-refractivity contribution is -0.293. The van der Waals surface area contributed by atoms with E-state index in [9.17, 15) is 50.8 Å². The molecule has 4 heterocycles. The molecular weight excluding hydrogens is 584 g/mol. The molecule has 9 N–H and O–H groups in total. The third-order valence-corrected chi connectivity index (χ3v) is 9.00. The summed E-state index contributed by atoms with van der Waals surface area (Å²) in [6, 6.07) is 5.69. The third-order valence-electron chi connectivity index (χ3n) is 9.00. The van der Waals surface area contributed by atoms with Crippen LogP contribution in [-0.4, -0.2) is 81.4 Å². The number of hydrogen-bond donors (Lipinski definition) is 9. The van der Waals surface area contributed by atoms with Crippen molar-refractivity contribution in [2.45, 2.75) is 55.1 Å². The Balaban J connectivity index is 1.33. The van der Waals surface area contributed by atoms with E-state index in [1.165, 1.54) is 12.1 Å². The van der Waals surface area contributed by atoms with Crippen LogP contribution in [0.3, 0.4) is 0 Å². The fourth-order valence-corrected chi connectivity index (χ4v) is 7.18. The standard InChI is InChI=1S/C30H24O14/c31-9-1-14(33)11-5-17(36)25(41-18(11)3-9)13-6-16(35)23(37)26-21(13)22-24(38)27(39)30(40)8-29(22,44-26)28-20(43-30)7-12-15(34)2-10(32)4-19(12)42-28/h1-4,6,17,20,25,28,31-38,40H,5,7-8H2/t17-,20+,25-,28+,29+,30+/m1/s1. The van der Waals surface area contributed by atoms with Crippen molar-refractivity contribution in [2.24, 2.45) is 0 Å². The Morgan fingerprint density at radius 3 is 2.11 bits per heavy atom. The fourth-order valence-electron chi connectivity index (χ4n) is 7.18. The highest BCUT2D eigenvalue weighted by atomic mass is 16.7. The molecule has 0 saturated carbocycles. The molecule has 1 spiro atoms. The van der Waals surface area contributed by atoms with Crippen LogP contribution >= 0.6 is 0 Å². The molecule has 0 amide bonds. The van der Waals surface area contributed by atoms with E-state index in [-0.39, 0.29) is 75.2 Å². The predicted octanol–water partition coefficient (Wildman–Crippen LogP) is 1.42. The number of carbonyl (C=O) groups is 1. The summed E-state index contributed by atoms with van der Waals surface area (Å²) >= 11 is 0. The average molecular weight is 609 g/mol. The topological polar surface area (TPSA) is 236 Å². The largest absolute Gasteiger partial charge is 0.508 e. The van der Waals surface area contributed by atoms with Crippen LogP contribution in [0.1, 0.15) is 34.8 Å². The Bertz CT molecular complexity index is 1870. The zero-order valence-electron chi connectivity index (χ0n) is 22.4. The summed E-state index contributed by atoms with van der Waals surface area (Å²) in [6.45, 7) is 0. The maximum Gasteiger partial charge on any atom is 0.256 e. The first kappa shape index (κ1) is 26.6. The van der Waals surface area contributed by atoms with Gasteiger partial charge in [-0.05, 0) is 6.07 Å². The number of aliphatic hydroxyl groups is 3. The normalized spacial score (nSPS) is 31.0. The van der Waals surface area contributed by atoms with Gasteiger partial charge in [0.2, 0.25) is 11.5 Å². The molecule has 0 aromatic heterocycles. The molecule has 14 nitrogen and oxygen atoms in total. The van der Waals surface area contributed by atoms with Crippen molar-refractivity contribution in [3.63, 3.8) is 0 Å². The van der Waals surface area contributed by atoms with E-state index in [0.717, 1.165) is 18.2 Å². The molecule has 44 heavy (non-hydrogen) atoms. The van der Waals surface area contributed by atoms with E-state index in [1.54, 1.807) is 0 Å². The van der Waals surface area contributed by atoms with E-state index in [2.05, 4.69) is 0 Å². The zero-order valence-corrected chi connectivity index (χ0v) is 22.4. The number of benzene rings is 3. The molecule has 3 aromatic carbocycles. The van der Waals surface area contributed by atoms with Gasteiger partial charge in [-0.2, -0.15) is 0 Å². The van der Waals surface area contributed by atoms with Crippen molar-refractivity contribution in [1.82, 2.24) is 0 Å². The molecule has 0 radical (unpaired) electrons. The van der Waals surface area contributed by atoms with Crippen LogP contribution in [0.5, 0.6) is 51.7 Å². The van der Waals surface area contributed by atoms with E-state index in [4.69, 9.17) is 18.9 Å². The van der Waals surface area contributed by atoms with Gasteiger partial charge in [0, 0.05) is 59.4 Å². The monoisotopic (exact) mass is 608 g/mol. The lowest BCUT2D eigenvalue weighted by Gasteiger charge is -2.53. The number of phenols is 6. The summed E-state index contributed by atoms with van der Waals surface area (Å²) in [4.78, 5) is 13.5. The molecule has 228 valence electrons. The number of carbonyl (C=O) groups excluding carboxylic acids is 1. The molecule has 1 fully saturated rings. The maximum atomic E-state index is 13.5. The minimum absolute atomic E-state index is 0.0120. The predicted molar refractivity (Wildman–Crippen MR) is 143 cm³/mol. The highest BCUT2D eigenvalue weighted by Gasteiger charge is 2.71. The van der Waals surface area contributed by atoms with Crippen LogP contribution in [-0.2, 0) is 22.4 Å². The first-order chi connectivity index (χ1) is 20.8. The highest BCUT2D eigenvalue weighted by molar-refractivity contribution is 6.10. The molecule has 4 aliphatic heterocycles. The number of hydrogen-bond acceptors (Lipinski definition) is 14. The second-order valence-corrected chi connectivity index (χ2v) is 11.6. The molecule has 0 unspecified atom stereocenters. The fraction of sp³-hybridized carbons (Fsp3) is 0.300. The van der Waals surface area contributed by atoms with Gasteiger partial charge < -0.3 is 64.9 Å². The summed E-state index contributed by atoms with van der Waals surface area (Å²) in [7, 11) is 0. The number of fused-ring (bicyclic) bond motifs is 6. The number of aliphatic hydroxyl groups excluding tert-OH is 2. The molecule has 14 heteroatoms. The number of ether oxygens (including phenoxy) is 4. The SMILES string of the molecule is O=C1C(O)=C2c3c([C@H]4Oc5cc(O)cc(O)c5C[C@H]4O)cc(O)c(O)c3O[C@@]23C[C@]1(O)O[C@H]1Cc2c(O)cc(O)cc2O[C@@H]13. The Kier molecular flexibility index (Phi) is 5.02. The molecular formula is C30H24O14. The zero-order chi connectivity index (χ0) is 31.0. The van der Waals surface area contributed by atoms with Gasteiger partial charge in [-0.15, -0.1) is 0 Å². The summed E-state index contributed by atoms with van der Waals surface area (Å²) in [5.74, 6) is -7.95. The van der Waals surface area contributed by atoms with Crippen molar-refractivity contribution in [2.75, 3.05) is 0 Å². The van der Waals surface area contributed by atoms with Gasteiger partial charge in [-0.25, -0.2) is 0 Å². The second kappa shape index (κ2) is 8.31. The number of ketones is 1. The Hall–Kier alpha value is -5.05. The first-order valence-corrected chi connectivity index (χ1v) is 13.6. The third kappa shape index (κ3) is 3.26. The van der Waals surface area contributed by atoms with Crippen LogP contribution in [0.4, 0.5) is 0 Å². The highest BCUT2D eigenvalue weighted by Crippen LogP contribution is 2.64. The smallest absolute Gasteiger partial charge is 0.256 e. The van der Waals surface area contributed by atoms with Crippen molar-refractivity contribution in [1.29, 1.82) is 0 Å². The van der Waals surface area contributed by atoms with Gasteiger partial charge in [-0.3, -0.25) is 4.79 Å². The maximum absolute atomic E-state index is 13.5. The Labute approximate surface area is 246 Å². The first-order valence-electron chi connectivity index (χ1n) is 13.6. The number of rotatable bonds is 1. The van der Waals surface area contributed by atoms with Crippen molar-refractivity contribution >= 4 is 11.4 Å². The number of Topliss-reactive ketones (excluding diaryl/α,β-unsaturated/α-hetero) is 1. The van der Waals surface area contributed by atoms with Crippen LogP contribution in [0, 0.1) is 0 Å². The van der Waals surface area contributed by atoms with Crippen LogP contribution in [0.2, 0.25) is 0 Å². The van der Waals surface area contributed by atoms with Gasteiger partial charge in [0.1, 0.15) is 40.6 Å². The van der Waals surface area contributed by atoms with Crippen LogP contribution in [0.25, 0.3) is 5.57 Å². The Morgan fingerprint density at radius 2 is 1.43 bits per heavy atom. The molecule has 3 aromatic rings. The Morgan fingerprint density at radius 1 is 0.795 bits per heavy atom. The lowest BCUT2D eigenvalue weighted by Crippen LogP contribution is -2.71. The summed E-state index contributed by atoms with van der Waals surface area (Å²) in [6.07, 6.45) is -6.06. The lowest BCUT2D eigenvalue weighted by atomic mass is 9.68. The second-order valence-electron chi connectivity index (χ2n) is 11.6. The van der Waals surface area contributed by atoms with E-state index in [0.29, 0.717) is 0 Å². The van der Waals surface area contributed by atoms with Gasteiger partial charge in [-0.1, -0.05) is 0 Å². The minimum Gasteiger partial charge on any atom is -0.508 e. The molecule has 5 aliphatic rings. The molecule has 1 aliphatic carbocycles. The number of phenolic OH excluding ortho intramolecular Hbond substituents is 6. The van der Waals surface area contributed by atoms with E-state index < -0.39 is 71.0 Å². The van der Waals surface area contributed by atoms with Gasteiger partial charge in [0.05, 0.1) is 18.1 Å². The van der Waals surface area contributed by atoms with Crippen molar-refractivity contribution in [3.05, 3.63) is 58.3 Å². The molecule has 8 rings (SSSR count). The minimum atomic E-state index is -2.61. The van der Waals surface area contributed by atoms with Crippen molar-refractivity contribution in [3.8, 4) is 51.7 Å². The molecule has 6 atom stereocenters. The average Bonchev–Trinajstić information content (AvgIpc) is 3.29. The molecule has 2 bridgehead atoms. The van der Waals surface area contributed by atoms with Gasteiger partial charge in [0.25, 0.3) is 5.78 Å². The van der Waals surface area contributed by atoms with Gasteiger partial charge >= 0.3 is 0 Å². The van der Waals surface area contributed by atoms with Crippen LogP contribution < -0.4 is 14.2 Å². The number of aromatic hydroxyl groups is 6. The summed E-state index contributed by atoms with van der Waals surface area (Å²) in [5, 5.41) is 96.6. The summed E-state index contributed by atoms with van der Waals surface area (Å²) < 4.78 is 24.2.